The topological polar surface area (TPSA) is 32.3 Å². The van der Waals surface area contributed by atoms with E-state index in [4.69, 9.17) is 11.6 Å². The van der Waals surface area contributed by atoms with Crippen LogP contribution in [0.5, 0.6) is 0 Å². The Labute approximate surface area is 129 Å². The standard InChI is InChI=1S/C17H19ClFNO/c1-12-10-16(19)7-4-13(12)8-9-20-11-17(21)14-2-5-15(18)6-3-14/h2-7,10,17,20-21H,8-9,11H2,1H3. The maximum atomic E-state index is 13.0. The third-order valence-electron chi connectivity index (χ3n) is 3.47. The Bertz CT molecular complexity index is 586. The molecule has 112 valence electrons. The molecule has 0 saturated heterocycles. The highest BCUT2D eigenvalue weighted by molar-refractivity contribution is 6.30. The summed E-state index contributed by atoms with van der Waals surface area (Å²) in [5.74, 6) is -0.206. The SMILES string of the molecule is Cc1cc(F)ccc1CCNCC(O)c1ccc(Cl)cc1. The van der Waals surface area contributed by atoms with Crippen molar-refractivity contribution in [1.29, 1.82) is 0 Å². The normalized spacial score (nSPS) is 12.4. The van der Waals surface area contributed by atoms with Gasteiger partial charge in [0, 0.05) is 11.6 Å². The Morgan fingerprint density at radius 2 is 1.90 bits per heavy atom. The quantitative estimate of drug-likeness (QED) is 0.798. The molecule has 0 aliphatic carbocycles. The van der Waals surface area contributed by atoms with E-state index in [-0.39, 0.29) is 5.82 Å². The molecule has 4 heteroatoms. The van der Waals surface area contributed by atoms with Crippen molar-refractivity contribution in [1.82, 2.24) is 5.32 Å². The van der Waals surface area contributed by atoms with E-state index < -0.39 is 6.10 Å². The molecule has 2 aromatic carbocycles. The minimum absolute atomic E-state index is 0.206. The Morgan fingerprint density at radius 3 is 2.57 bits per heavy atom. The van der Waals surface area contributed by atoms with Crippen LogP contribution in [0, 0.1) is 12.7 Å². The van der Waals surface area contributed by atoms with Gasteiger partial charge in [0.05, 0.1) is 6.10 Å². The number of aliphatic hydroxyl groups is 1. The van der Waals surface area contributed by atoms with Gasteiger partial charge in [0.15, 0.2) is 0 Å². The van der Waals surface area contributed by atoms with Crippen LogP contribution in [0.2, 0.25) is 5.02 Å². The van der Waals surface area contributed by atoms with Crippen LogP contribution in [0.15, 0.2) is 42.5 Å². The molecule has 0 amide bonds. The molecule has 0 fully saturated rings. The number of nitrogens with one attached hydrogen (secondary N) is 1. The maximum absolute atomic E-state index is 13.0. The minimum Gasteiger partial charge on any atom is -0.387 e. The fourth-order valence-corrected chi connectivity index (χ4v) is 2.33. The zero-order chi connectivity index (χ0) is 15.2. The van der Waals surface area contributed by atoms with Crippen LogP contribution in [-0.2, 0) is 6.42 Å². The lowest BCUT2D eigenvalue weighted by atomic mass is 10.1. The molecule has 0 aromatic heterocycles. The molecule has 0 bridgehead atoms. The number of aryl methyl sites for hydroxylation is 1. The largest absolute Gasteiger partial charge is 0.387 e. The molecular formula is C17H19ClFNO. The number of halogens is 2. The van der Waals surface area contributed by atoms with Gasteiger partial charge in [-0.3, -0.25) is 0 Å². The van der Waals surface area contributed by atoms with Gasteiger partial charge in [-0.2, -0.15) is 0 Å². The van der Waals surface area contributed by atoms with Crippen molar-refractivity contribution in [2.75, 3.05) is 13.1 Å². The van der Waals surface area contributed by atoms with Gasteiger partial charge in [-0.25, -0.2) is 4.39 Å². The van der Waals surface area contributed by atoms with Crippen LogP contribution in [0.1, 0.15) is 22.8 Å². The van der Waals surface area contributed by atoms with Gasteiger partial charge in [-0.05, 0) is 60.8 Å². The molecule has 0 saturated carbocycles. The molecular weight excluding hydrogens is 289 g/mol. The second-order valence-electron chi connectivity index (χ2n) is 5.09. The van der Waals surface area contributed by atoms with E-state index in [1.165, 1.54) is 12.1 Å². The average molecular weight is 308 g/mol. The van der Waals surface area contributed by atoms with Crippen LogP contribution in [0.4, 0.5) is 4.39 Å². The monoisotopic (exact) mass is 307 g/mol. The summed E-state index contributed by atoms with van der Waals surface area (Å²) in [6.07, 6.45) is 0.246. The van der Waals surface area contributed by atoms with Gasteiger partial charge in [0.2, 0.25) is 0 Å². The average Bonchev–Trinajstić information content (AvgIpc) is 2.46. The van der Waals surface area contributed by atoms with E-state index >= 15 is 0 Å². The predicted octanol–water partition coefficient (Wildman–Crippen LogP) is 3.65. The summed E-state index contributed by atoms with van der Waals surface area (Å²) < 4.78 is 13.0. The first kappa shape index (κ1) is 16.0. The summed E-state index contributed by atoms with van der Waals surface area (Å²) >= 11 is 5.81. The molecule has 1 atom stereocenters. The van der Waals surface area contributed by atoms with Crippen LogP contribution >= 0.6 is 11.6 Å². The second kappa shape index (κ2) is 7.55. The Kier molecular flexibility index (Phi) is 5.74. The van der Waals surface area contributed by atoms with Crippen molar-refractivity contribution in [3.63, 3.8) is 0 Å². The van der Waals surface area contributed by atoms with Gasteiger partial charge in [-0.15, -0.1) is 0 Å². The van der Waals surface area contributed by atoms with Crippen LogP contribution in [0.25, 0.3) is 0 Å². The van der Waals surface area contributed by atoms with Crippen molar-refractivity contribution in [2.24, 2.45) is 0 Å². The number of benzene rings is 2. The first-order valence-electron chi connectivity index (χ1n) is 6.95. The Balaban J connectivity index is 1.77. The number of aliphatic hydroxyl groups excluding tert-OH is 1. The van der Waals surface area contributed by atoms with E-state index in [2.05, 4.69) is 5.32 Å². The smallest absolute Gasteiger partial charge is 0.123 e. The van der Waals surface area contributed by atoms with Gasteiger partial charge in [-0.1, -0.05) is 29.8 Å². The van der Waals surface area contributed by atoms with Crippen LogP contribution < -0.4 is 5.32 Å². The molecule has 2 rings (SSSR count). The summed E-state index contributed by atoms with van der Waals surface area (Å²) in [6, 6.07) is 12.0. The van der Waals surface area contributed by atoms with Crippen molar-refractivity contribution < 1.29 is 9.50 Å². The van der Waals surface area contributed by atoms with Crippen molar-refractivity contribution in [3.05, 3.63) is 70.0 Å². The number of rotatable bonds is 6. The lowest BCUT2D eigenvalue weighted by molar-refractivity contribution is 0.175. The number of hydrogen-bond acceptors (Lipinski definition) is 2. The lowest BCUT2D eigenvalue weighted by Crippen LogP contribution is -2.24. The molecule has 0 aliphatic heterocycles. The Morgan fingerprint density at radius 1 is 1.19 bits per heavy atom. The summed E-state index contributed by atoms with van der Waals surface area (Å²) in [5, 5.41) is 13.9. The van der Waals surface area contributed by atoms with Crippen LogP contribution in [-0.4, -0.2) is 18.2 Å². The third kappa shape index (κ3) is 4.81. The van der Waals surface area contributed by atoms with E-state index in [0.29, 0.717) is 11.6 Å². The van der Waals surface area contributed by atoms with E-state index in [1.807, 2.05) is 25.1 Å². The minimum atomic E-state index is -0.559. The fraction of sp³-hybridized carbons (Fsp3) is 0.294. The third-order valence-corrected chi connectivity index (χ3v) is 3.72. The first-order valence-corrected chi connectivity index (χ1v) is 7.33. The van der Waals surface area contributed by atoms with Gasteiger partial charge < -0.3 is 10.4 Å². The van der Waals surface area contributed by atoms with Gasteiger partial charge in [0.25, 0.3) is 0 Å². The zero-order valence-electron chi connectivity index (χ0n) is 11.9. The molecule has 0 spiro atoms. The van der Waals surface area contributed by atoms with Crippen molar-refractivity contribution in [2.45, 2.75) is 19.4 Å². The van der Waals surface area contributed by atoms with E-state index in [9.17, 15) is 9.50 Å². The highest BCUT2D eigenvalue weighted by Gasteiger charge is 2.07. The Hall–Kier alpha value is -1.42. The molecule has 0 radical (unpaired) electrons. The molecule has 21 heavy (non-hydrogen) atoms. The van der Waals surface area contributed by atoms with Crippen molar-refractivity contribution in [3.8, 4) is 0 Å². The second-order valence-corrected chi connectivity index (χ2v) is 5.53. The molecule has 2 nitrogen and oxygen atoms in total. The summed E-state index contributed by atoms with van der Waals surface area (Å²) in [4.78, 5) is 0. The van der Waals surface area contributed by atoms with Gasteiger partial charge in [0.1, 0.15) is 5.82 Å². The van der Waals surface area contributed by atoms with E-state index in [1.54, 1.807) is 12.1 Å². The molecule has 0 aliphatic rings. The van der Waals surface area contributed by atoms with Crippen molar-refractivity contribution >= 4 is 11.6 Å². The van der Waals surface area contributed by atoms with Gasteiger partial charge >= 0.3 is 0 Å². The molecule has 2 aromatic rings. The predicted molar refractivity (Wildman–Crippen MR) is 84.1 cm³/mol. The highest BCUT2D eigenvalue weighted by atomic mass is 35.5. The lowest BCUT2D eigenvalue weighted by Gasteiger charge is -2.13. The maximum Gasteiger partial charge on any atom is 0.123 e. The molecule has 0 heterocycles. The first-order chi connectivity index (χ1) is 10.1. The molecule has 2 N–H and O–H groups in total. The zero-order valence-corrected chi connectivity index (χ0v) is 12.7. The summed E-state index contributed by atoms with van der Waals surface area (Å²) in [7, 11) is 0. The summed E-state index contributed by atoms with van der Waals surface area (Å²) in [5.41, 5.74) is 2.91. The van der Waals surface area contributed by atoms with E-state index in [0.717, 1.165) is 29.7 Å². The number of hydrogen-bond donors (Lipinski definition) is 2. The molecule has 1 unspecified atom stereocenters. The fourth-order valence-electron chi connectivity index (χ4n) is 2.20. The van der Waals surface area contributed by atoms with Crippen LogP contribution in [0.3, 0.4) is 0 Å². The highest BCUT2D eigenvalue weighted by Crippen LogP contribution is 2.16. The summed E-state index contributed by atoms with van der Waals surface area (Å²) in [6.45, 7) is 3.11.